The van der Waals surface area contributed by atoms with E-state index in [4.69, 9.17) is 23.2 Å². The van der Waals surface area contributed by atoms with Crippen molar-refractivity contribution in [3.63, 3.8) is 0 Å². The molecule has 1 aromatic heterocycles. The van der Waals surface area contributed by atoms with Crippen molar-refractivity contribution in [2.24, 2.45) is 7.05 Å². The first-order valence-corrected chi connectivity index (χ1v) is 6.89. The Balaban J connectivity index is 1.88. The SMILES string of the molecule is Cn1cc(CCC(O)Cc2ccc(Cl)cc2Cl)cn1. The molecule has 2 rings (SSSR count). The zero-order valence-corrected chi connectivity index (χ0v) is 12.2. The minimum absolute atomic E-state index is 0.418. The van der Waals surface area contributed by atoms with Gasteiger partial charge in [-0.25, -0.2) is 0 Å². The molecule has 2 aromatic rings. The minimum Gasteiger partial charge on any atom is -0.393 e. The van der Waals surface area contributed by atoms with Crippen molar-refractivity contribution < 1.29 is 5.11 Å². The number of halogens is 2. The fraction of sp³-hybridized carbons (Fsp3) is 0.357. The van der Waals surface area contributed by atoms with Crippen LogP contribution in [0.15, 0.2) is 30.6 Å². The molecule has 19 heavy (non-hydrogen) atoms. The third-order valence-corrected chi connectivity index (χ3v) is 3.58. The summed E-state index contributed by atoms with van der Waals surface area (Å²) in [5.74, 6) is 0. The van der Waals surface area contributed by atoms with Gasteiger partial charge in [0.2, 0.25) is 0 Å². The van der Waals surface area contributed by atoms with Crippen LogP contribution in [0.5, 0.6) is 0 Å². The lowest BCUT2D eigenvalue weighted by molar-refractivity contribution is 0.165. The summed E-state index contributed by atoms with van der Waals surface area (Å²) in [5, 5.41) is 15.4. The van der Waals surface area contributed by atoms with Crippen molar-refractivity contribution in [3.05, 3.63) is 51.8 Å². The van der Waals surface area contributed by atoms with Crippen LogP contribution in [0.2, 0.25) is 10.0 Å². The van der Waals surface area contributed by atoms with Crippen LogP contribution in [-0.2, 0) is 19.9 Å². The fourth-order valence-corrected chi connectivity index (χ4v) is 2.46. The lowest BCUT2D eigenvalue weighted by Gasteiger charge is -2.11. The second-order valence-corrected chi connectivity index (χ2v) is 5.50. The zero-order chi connectivity index (χ0) is 13.8. The molecule has 1 heterocycles. The highest BCUT2D eigenvalue weighted by Crippen LogP contribution is 2.22. The Morgan fingerprint density at radius 2 is 2.16 bits per heavy atom. The van der Waals surface area contributed by atoms with E-state index in [0.29, 0.717) is 22.9 Å². The lowest BCUT2D eigenvalue weighted by Crippen LogP contribution is -2.11. The number of aryl methyl sites for hydroxylation is 2. The van der Waals surface area contributed by atoms with Crippen LogP contribution in [0.3, 0.4) is 0 Å². The molecule has 1 unspecified atom stereocenters. The van der Waals surface area contributed by atoms with Crippen molar-refractivity contribution in [3.8, 4) is 0 Å². The van der Waals surface area contributed by atoms with Gasteiger partial charge in [0.1, 0.15) is 0 Å². The smallest absolute Gasteiger partial charge is 0.0584 e. The van der Waals surface area contributed by atoms with Crippen molar-refractivity contribution in [1.82, 2.24) is 9.78 Å². The molecular weight excluding hydrogens is 283 g/mol. The van der Waals surface area contributed by atoms with E-state index in [1.165, 1.54) is 0 Å². The van der Waals surface area contributed by atoms with E-state index in [2.05, 4.69) is 5.10 Å². The number of hydrogen-bond donors (Lipinski definition) is 1. The first kappa shape index (κ1) is 14.4. The van der Waals surface area contributed by atoms with Crippen LogP contribution in [0.4, 0.5) is 0 Å². The molecule has 0 aliphatic carbocycles. The van der Waals surface area contributed by atoms with Crippen LogP contribution >= 0.6 is 23.2 Å². The van der Waals surface area contributed by atoms with Gasteiger partial charge < -0.3 is 5.11 Å². The maximum Gasteiger partial charge on any atom is 0.0584 e. The Bertz CT molecular complexity index is 554. The Hall–Kier alpha value is -1.03. The molecule has 0 fully saturated rings. The van der Waals surface area contributed by atoms with E-state index in [1.54, 1.807) is 16.8 Å². The molecule has 0 spiro atoms. The molecule has 0 bridgehead atoms. The van der Waals surface area contributed by atoms with E-state index in [-0.39, 0.29) is 0 Å². The summed E-state index contributed by atoms with van der Waals surface area (Å²) in [4.78, 5) is 0. The standard InChI is InChI=1S/C14H16Cl2N2O/c1-18-9-10(8-17-18)2-5-13(19)6-11-3-4-12(15)7-14(11)16/h3-4,7-9,13,19H,2,5-6H2,1H3. The van der Waals surface area contributed by atoms with Crippen LogP contribution in [-0.4, -0.2) is 21.0 Å². The number of benzene rings is 1. The summed E-state index contributed by atoms with van der Waals surface area (Å²) < 4.78 is 1.76. The van der Waals surface area contributed by atoms with E-state index < -0.39 is 6.10 Å². The molecular formula is C14H16Cl2N2O. The van der Waals surface area contributed by atoms with Gasteiger partial charge in [-0.1, -0.05) is 29.3 Å². The molecule has 1 N–H and O–H groups in total. The second-order valence-electron chi connectivity index (χ2n) is 4.65. The summed E-state index contributed by atoms with van der Waals surface area (Å²) in [6.07, 6.45) is 5.39. The van der Waals surface area contributed by atoms with E-state index in [9.17, 15) is 5.11 Å². The number of rotatable bonds is 5. The molecule has 0 aliphatic rings. The van der Waals surface area contributed by atoms with Gasteiger partial charge in [-0.3, -0.25) is 4.68 Å². The molecule has 1 aromatic carbocycles. The third-order valence-electron chi connectivity index (χ3n) is 3.00. The number of aliphatic hydroxyl groups is 1. The van der Waals surface area contributed by atoms with Gasteiger partial charge >= 0.3 is 0 Å². The van der Waals surface area contributed by atoms with Gasteiger partial charge in [-0.15, -0.1) is 0 Å². The second kappa shape index (κ2) is 6.42. The predicted octanol–water partition coefficient (Wildman–Crippen LogP) is 3.26. The highest BCUT2D eigenvalue weighted by atomic mass is 35.5. The molecule has 102 valence electrons. The van der Waals surface area contributed by atoms with Crippen LogP contribution in [0.25, 0.3) is 0 Å². The van der Waals surface area contributed by atoms with Gasteiger partial charge in [-0.05, 0) is 42.5 Å². The molecule has 0 saturated carbocycles. The summed E-state index contributed by atoms with van der Waals surface area (Å²) >= 11 is 11.9. The molecule has 0 amide bonds. The summed E-state index contributed by atoms with van der Waals surface area (Å²) in [6, 6.07) is 5.35. The summed E-state index contributed by atoms with van der Waals surface area (Å²) in [7, 11) is 1.88. The van der Waals surface area contributed by atoms with E-state index in [0.717, 1.165) is 17.5 Å². The normalized spacial score (nSPS) is 12.6. The predicted molar refractivity (Wildman–Crippen MR) is 77.7 cm³/mol. The first-order valence-electron chi connectivity index (χ1n) is 6.14. The number of aromatic nitrogens is 2. The maximum atomic E-state index is 10.0. The highest BCUT2D eigenvalue weighted by molar-refractivity contribution is 6.35. The highest BCUT2D eigenvalue weighted by Gasteiger charge is 2.10. The summed E-state index contributed by atoms with van der Waals surface area (Å²) in [5.41, 5.74) is 2.05. The first-order chi connectivity index (χ1) is 9.04. The van der Waals surface area contributed by atoms with Gasteiger partial charge in [0.25, 0.3) is 0 Å². The molecule has 3 nitrogen and oxygen atoms in total. The summed E-state index contributed by atoms with van der Waals surface area (Å²) in [6.45, 7) is 0. The third kappa shape index (κ3) is 4.23. The molecule has 0 radical (unpaired) electrons. The Morgan fingerprint density at radius 1 is 1.37 bits per heavy atom. The van der Waals surface area contributed by atoms with Crippen molar-refractivity contribution in [1.29, 1.82) is 0 Å². The van der Waals surface area contributed by atoms with Crippen molar-refractivity contribution in [2.75, 3.05) is 0 Å². The molecule has 5 heteroatoms. The Labute approximate surface area is 122 Å². The quantitative estimate of drug-likeness (QED) is 0.920. The van der Waals surface area contributed by atoms with Gasteiger partial charge in [-0.2, -0.15) is 5.10 Å². The van der Waals surface area contributed by atoms with Crippen LogP contribution < -0.4 is 0 Å². The van der Waals surface area contributed by atoms with E-state index >= 15 is 0 Å². The van der Waals surface area contributed by atoms with E-state index in [1.807, 2.05) is 25.5 Å². The van der Waals surface area contributed by atoms with Gasteiger partial charge in [0.15, 0.2) is 0 Å². The number of hydrogen-bond acceptors (Lipinski definition) is 2. The number of aliphatic hydroxyl groups excluding tert-OH is 1. The van der Waals surface area contributed by atoms with Gasteiger partial charge in [0.05, 0.1) is 12.3 Å². The minimum atomic E-state index is -0.418. The lowest BCUT2D eigenvalue weighted by atomic mass is 10.0. The van der Waals surface area contributed by atoms with Gasteiger partial charge in [0, 0.05) is 23.3 Å². The van der Waals surface area contributed by atoms with Crippen LogP contribution in [0, 0.1) is 0 Å². The maximum absolute atomic E-state index is 10.0. The average molecular weight is 299 g/mol. The fourth-order valence-electron chi connectivity index (χ4n) is 1.98. The zero-order valence-electron chi connectivity index (χ0n) is 10.7. The molecule has 0 saturated heterocycles. The van der Waals surface area contributed by atoms with Crippen molar-refractivity contribution in [2.45, 2.75) is 25.4 Å². The van der Waals surface area contributed by atoms with Crippen LogP contribution in [0.1, 0.15) is 17.5 Å². The molecule has 0 aliphatic heterocycles. The Kier molecular flexibility index (Phi) is 4.86. The Morgan fingerprint density at radius 3 is 2.79 bits per heavy atom. The monoisotopic (exact) mass is 298 g/mol. The average Bonchev–Trinajstić information content (AvgIpc) is 2.76. The largest absolute Gasteiger partial charge is 0.393 e. The van der Waals surface area contributed by atoms with Crippen molar-refractivity contribution >= 4 is 23.2 Å². The topological polar surface area (TPSA) is 38.0 Å². The molecule has 1 atom stereocenters. The number of nitrogens with zero attached hydrogens (tertiary/aromatic N) is 2.